The van der Waals surface area contributed by atoms with Gasteiger partial charge in [0.25, 0.3) is 5.91 Å². The van der Waals surface area contributed by atoms with Gasteiger partial charge in [-0.1, -0.05) is 23.9 Å². The van der Waals surface area contributed by atoms with Crippen LogP contribution < -0.4 is 16.3 Å². The van der Waals surface area contributed by atoms with Crippen molar-refractivity contribution in [2.45, 2.75) is 49.9 Å². The molecule has 240 valence electrons. The van der Waals surface area contributed by atoms with Crippen LogP contribution in [0.5, 0.6) is 0 Å². The number of nitrogens with one attached hydrogen (secondary N) is 2. The minimum atomic E-state index is -5.21. The monoisotopic (exact) mass is 646 g/mol. The molecule has 0 radical (unpaired) electrons. The Bertz CT molecular complexity index is 1770. The van der Waals surface area contributed by atoms with Crippen molar-refractivity contribution >= 4 is 46.0 Å². The molecule has 1 aromatic heterocycles. The van der Waals surface area contributed by atoms with Gasteiger partial charge in [-0.25, -0.2) is 9.59 Å². The highest BCUT2D eigenvalue weighted by molar-refractivity contribution is 8.04. The van der Waals surface area contributed by atoms with Crippen LogP contribution >= 0.6 is 11.8 Å². The number of imidazole rings is 1. The lowest BCUT2D eigenvalue weighted by molar-refractivity contribution is -0.243. The summed E-state index contributed by atoms with van der Waals surface area (Å²) < 4.78 is 49.0. The van der Waals surface area contributed by atoms with Crippen molar-refractivity contribution < 1.29 is 32.3 Å². The number of hydrogen-bond donors (Lipinski definition) is 2. The highest BCUT2D eigenvalue weighted by Gasteiger charge is 2.51. The van der Waals surface area contributed by atoms with Crippen LogP contribution in [0.3, 0.4) is 0 Å². The van der Waals surface area contributed by atoms with Crippen molar-refractivity contribution in [1.29, 1.82) is 0 Å². The summed E-state index contributed by atoms with van der Waals surface area (Å²) in [6.07, 6.45) is -4.54. The maximum absolute atomic E-state index is 13.3. The normalized spacial score (nSPS) is 22.0. The number of aromatic nitrogens is 2. The number of carbonyl (C=O) groups is 2. The lowest BCUT2D eigenvalue weighted by Crippen LogP contribution is -2.56. The van der Waals surface area contributed by atoms with Crippen molar-refractivity contribution in [3.8, 4) is 0 Å². The van der Waals surface area contributed by atoms with E-state index in [1.165, 1.54) is 0 Å². The van der Waals surface area contributed by atoms with E-state index < -0.39 is 29.1 Å². The molecular weight excluding hydrogens is 613 g/mol. The number of benzene rings is 2. The first-order chi connectivity index (χ1) is 21.2. The van der Waals surface area contributed by atoms with Gasteiger partial charge >= 0.3 is 17.8 Å². The van der Waals surface area contributed by atoms with Gasteiger partial charge < -0.3 is 20.2 Å². The molecule has 6 rings (SSSR count). The quantitative estimate of drug-likeness (QED) is 0.414. The molecule has 2 aromatic carbocycles. The van der Waals surface area contributed by atoms with E-state index >= 15 is 0 Å². The van der Waals surface area contributed by atoms with Crippen molar-refractivity contribution in [1.82, 2.24) is 24.4 Å². The van der Waals surface area contributed by atoms with E-state index in [1.807, 2.05) is 47.4 Å². The van der Waals surface area contributed by atoms with Crippen LogP contribution in [0.15, 0.2) is 57.9 Å². The lowest BCUT2D eigenvalue weighted by atomic mass is 9.94. The molecule has 3 aromatic rings. The van der Waals surface area contributed by atoms with Gasteiger partial charge in [0, 0.05) is 50.0 Å². The molecule has 0 spiro atoms. The number of alkyl halides is 3. The molecule has 45 heavy (non-hydrogen) atoms. The second-order valence-corrected chi connectivity index (χ2v) is 13.1. The molecule has 0 bridgehead atoms. The Hall–Kier alpha value is -3.95. The molecule has 4 heterocycles. The Morgan fingerprint density at radius 2 is 1.84 bits per heavy atom. The average molecular weight is 647 g/mol. The fraction of sp³-hybridized carbons (Fsp3) is 0.433. The number of aryl methyl sites for hydroxylation is 2. The molecule has 2 unspecified atom stereocenters. The largest absolute Gasteiger partial charge is 0.493 e. The Morgan fingerprint density at radius 3 is 2.60 bits per heavy atom. The number of nitrogens with zero attached hydrogens (tertiary/aromatic N) is 4. The van der Waals surface area contributed by atoms with Crippen LogP contribution in [0.1, 0.15) is 25.8 Å². The van der Waals surface area contributed by atoms with Gasteiger partial charge in [-0.2, -0.15) is 18.2 Å². The topological polar surface area (TPSA) is 110 Å². The molecule has 2 atom stereocenters. The molecule has 3 aliphatic heterocycles. The molecule has 1 amide bonds. The van der Waals surface area contributed by atoms with Crippen LogP contribution in [-0.2, 0) is 39.7 Å². The number of rotatable bonds is 6. The molecule has 2 N–H and O–H groups in total. The lowest BCUT2D eigenvalue weighted by Gasteiger charge is -2.42. The first kappa shape index (κ1) is 31.0. The number of morpholine rings is 1. The highest BCUT2D eigenvalue weighted by atomic mass is 32.2. The number of hydrogen-bond acceptors (Lipinski definition) is 9. The summed E-state index contributed by atoms with van der Waals surface area (Å²) in [6, 6.07) is 13.1. The van der Waals surface area contributed by atoms with Gasteiger partial charge in [0.1, 0.15) is 0 Å². The highest BCUT2D eigenvalue weighted by Crippen LogP contribution is 2.46. The van der Waals surface area contributed by atoms with Crippen molar-refractivity contribution in [2.75, 3.05) is 25.1 Å². The molecule has 1 fully saturated rings. The van der Waals surface area contributed by atoms with E-state index in [-0.39, 0.29) is 35.4 Å². The van der Waals surface area contributed by atoms with Crippen LogP contribution in [-0.4, -0.2) is 74.0 Å². The number of fused-ring (bicyclic) bond motifs is 1. The Morgan fingerprint density at radius 1 is 1.11 bits per heavy atom. The minimum absolute atomic E-state index is 0.115. The summed E-state index contributed by atoms with van der Waals surface area (Å²) in [6.45, 7) is 4.48. The summed E-state index contributed by atoms with van der Waals surface area (Å²) in [4.78, 5) is 44.5. The number of hydroxylamine groups is 2. The first-order valence-corrected chi connectivity index (χ1v) is 15.3. The Kier molecular flexibility index (Phi) is 7.90. The third-order valence-corrected chi connectivity index (χ3v) is 9.48. The minimum Gasteiger partial charge on any atom is -0.378 e. The summed E-state index contributed by atoms with van der Waals surface area (Å²) in [5.41, 5.74) is 2.65. The second kappa shape index (κ2) is 11.4. The number of carbonyl (C=O) groups excluding carboxylic acids is 2. The zero-order valence-electron chi connectivity index (χ0n) is 25.1. The molecule has 0 aliphatic carbocycles. The number of thioether (sulfide) groups is 1. The van der Waals surface area contributed by atoms with Crippen molar-refractivity contribution in [3.05, 3.63) is 69.1 Å². The van der Waals surface area contributed by atoms with E-state index in [0.717, 1.165) is 44.8 Å². The maximum atomic E-state index is 13.3. The van der Waals surface area contributed by atoms with E-state index in [2.05, 4.69) is 10.6 Å². The molecule has 11 nitrogen and oxygen atoms in total. The standard InChI is InChI=1S/C30H33F3N6O5S/c1-29(2)15-23-24(25(40)35-29)45-28(39(23)44-26(41)30(31,32)33)38-10-11-43-16-20(38)13-17-6-5-7-18(12-17)34-19-8-9-21-22(14-19)37(4)27(42)36(21)3/h5-9,12,14,20,28,34H,10-11,13,15-16H2,1-4H3,(H,35,40). The summed E-state index contributed by atoms with van der Waals surface area (Å²) in [5.74, 6) is -2.76. The predicted octanol–water partition coefficient (Wildman–Crippen LogP) is 3.73. The van der Waals surface area contributed by atoms with Crippen LogP contribution in [0, 0.1) is 0 Å². The fourth-order valence-corrected chi connectivity index (χ4v) is 7.35. The third kappa shape index (κ3) is 6.03. The third-order valence-electron chi connectivity index (χ3n) is 8.15. The van der Waals surface area contributed by atoms with Crippen molar-refractivity contribution in [3.63, 3.8) is 0 Å². The predicted molar refractivity (Wildman–Crippen MR) is 162 cm³/mol. The molecule has 1 saturated heterocycles. The number of ether oxygens (including phenoxy) is 1. The number of halogens is 3. The SMILES string of the molecule is Cn1c(=O)n(C)c2cc(Nc3cccc(CC4COCCN4C4SC5=C(CC(C)(C)NC5=O)N4OC(=O)C(F)(F)F)c3)ccc21. The van der Waals surface area contributed by atoms with Gasteiger partial charge in [0.15, 0.2) is 5.50 Å². The van der Waals surface area contributed by atoms with Crippen LogP contribution in [0.4, 0.5) is 24.5 Å². The van der Waals surface area contributed by atoms with Gasteiger partial charge in [-0.3, -0.25) is 18.8 Å². The average Bonchev–Trinajstić information content (AvgIpc) is 3.42. The first-order valence-electron chi connectivity index (χ1n) is 14.4. The zero-order chi connectivity index (χ0) is 32.3. The Balaban J connectivity index is 1.24. The van der Waals surface area contributed by atoms with Gasteiger partial charge in [0.05, 0.1) is 34.8 Å². The smallest absolute Gasteiger partial charge is 0.378 e. The summed E-state index contributed by atoms with van der Waals surface area (Å²) in [5, 5.41) is 7.23. The summed E-state index contributed by atoms with van der Waals surface area (Å²) >= 11 is 1.08. The van der Waals surface area contributed by atoms with Gasteiger partial charge in [-0.15, -0.1) is 0 Å². The molecule has 15 heteroatoms. The van der Waals surface area contributed by atoms with Crippen LogP contribution in [0.25, 0.3) is 11.0 Å². The van der Waals surface area contributed by atoms with Crippen LogP contribution in [0.2, 0.25) is 0 Å². The van der Waals surface area contributed by atoms with E-state index in [9.17, 15) is 27.6 Å². The summed E-state index contributed by atoms with van der Waals surface area (Å²) in [7, 11) is 3.45. The maximum Gasteiger partial charge on any atom is 0.493 e. The van der Waals surface area contributed by atoms with Crippen molar-refractivity contribution in [2.24, 2.45) is 14.1 Å². The zero-order valence-corrected chi connectivity index (χ0v) is 25.9. The number of anilines is 2. The van der Waals surface area contributed by atoms with E-state index in [1.54, 1.807) is 37.1 Å². The molecule has 3 aliphatic rings. The van der Waals surface area contributed by atoms with Gasteiger partial charge in [-0.05, 0) is 56.2 Å². The Labute approximate surface area is 260 Å². The van der Waals surface area contributed by atoms with E-state index in [0.29, 0.717) is 19.6 Å². The molecule has 0 saturated carbocycles. The molecular formula is C30H33F3N6O5S. The number of amides is 1. The van der Waals surface area contributed by atoms with Gasteiger partial charge in [0.2, 0.25) is 0 Å². The second-order valence-electron chi connectivity index (χ2n) is 12.0. The fourth-order valence-electron chi connectivity index (χ4n) is 6.00. The van der Waals surface area contributed by atoms with E-state index in [4.69, 9.17) is 9.57 Å².